The van der Waals surface area contributed by atoms with Gasteiger partial charge in [-0.15, -0.1) is 0 Å². The summed E-state index contributed by atoms with van der Waals surface area (Å²) in [6.45, 7) is 0. The van der Waals surface area contributed by atoms with Crippen molar-refractivity contribution >= 4 is 38.9 Å². The lowest BCUT2D eigenvalue weighted by molar-refractivity contribution is 0.728. The summed E-state index contributed by atoms with van der Waals surface area (Å²) in [6.07, 6.45) is 0. The fraction of sp³-hybridized carbons (Fsp3) is 0.0250. The van der Waals surface area contributed by atoms with E-state index in [-0.39, 0.29) is 0 Å². The zero-order valence-corrected chi connectivity index (χ0v) is 45.1. The molecule has 1 aliphatic carbocycles. The van der Waals surface area contributed by atoms with Gasteiger partial charge in [-0.1, -0.05) is 267 Å². The SMILES string of the molecule is c1ccc(-c2ccc(N(c3ccc(-c4ccc(-c5cc6c7c(c5)c5ccccc5n7-c5ccccc5C6(c5ccccc5)c5ccccc5)cc4)cc3)c3ccc4c(c3)C(c3ccccc3)(c3ccccc3)c3ccccc3-4)cc2)cc1. The van der Waals surface area contributed by atoms with Gasteiger partial charge in [-0.2, -0.15) is 0 Å². The lowest BCUT2D eigenvalue weighted by atomic mass is 9.63. The Morgan fingerprint density at radius 2 is 0.646 bits per heavy atom. The first-order chi connectivity index (χ1) is 40.7. The molecule has 0 saturated carbocycles. The second kappa shape index (κ2) is 19.1. The van der Waals surface area contributed by atoms with E-state index >= 15 is 0 Å². The summed E-state index contributed by atoms with van der Waals surface area (Å²) in [4.78, 5) is 2.43. The van der Waals surface area contributed by atoms with Crippen LogP contribution >= 0.6 is 0 Å². The molecule has 1 aromatic heterocycles. The van der Waals surface area contributed by atoms with E-state index in [2.05, 4.69) is 337 Å². The molecule has 0 amide bonds. The van der Waals surface area contributed by atoms with Crippen LogP contribution in [0.5, 0.6) is 0 Å². The molecule has 2 heteroatoms. The lowest BCUT2D eigenvalue weighted by Crippen LogP contribution is -2.35. The molecule has 0 spiro atoms. The highest BCUT2D eigenvalue weighted by atomic mass is 15.1. The van der Waals surface area contributed by atoms with Crippen LogP contribution in [0.1, 0.15) is 44.5 Å². The minimum absolute atomic E-state index is 0.524. The molecule has 14 aromatic rings. The number of hydrogen-bond acceptors (Lipinski definition) is 1. The number of aromatic nitrogens is 1. The van der Waals surface area contributed by atoms with Crippen LogP contribution in [0.15, 0.2) is 328 Å². The molecule has 0 radical (unpaired) electrons. The third-order valence-corrected chi connectivity index (χ3v) is 17.7. The van der Waals surface area contributed by atoms with E-state index in [1.165, 1.54) is 105 Å². The average Bonchev–Trinajstić information content (AvgIpc) is 3.92. The zero-order valence-electron chi connectivity index (χ0n) is 45.1. The number of anilines is 3. The third kappa shape index (κ3) is 7.14. The Kier molecular flexibility index (Phi) is 11.0. The predicted octanol–water partition coefficient (Wildman–Crippen LogP) is 20.3. The van der Waals surface area contributed by atoms with Crippen LogP contribution in [-0.2, 0) is 10.8 Å². The van der Waals surface area contributed by atoms with Gasteiger partial charge in [0.1, 0.15) is 0 Å². The molecule has 2 heterocycles. The first-order valence-corrected chi connectivity index (χ1v) is 28.5. The van der Waals surface area contributed by atoms with E-state index in [1.807, 2.05) is 0 Å². The van der Waals surface area contributed by atoms with E-state index in [9.17, 15) is 0 Å². The van der Waals surface area contributed by atoms with Crippen molar-refractivity contribution in [1.29, 1.82) is 0 Å². The van der Waals surface area contributed by atoms with Crippen LogP contribution in [0.4, 0.5) is 17.1 Å². The van der Waals surface area contributed by atoms with Crippen LogP contribution < -0.4 is 4.90 Å². The molecule has 0 atom stereocenters. The summed E-state index contributed by atoms with van der Waals surface area (Å²) in [5.41, 5.74) is 25.6. The van der Waals surface area contributed by atoms with Crippen LogP contribution in [0, 0.1) is 0 Å². The second-order valence-corrected chi connectivity index (χ2v) is 21.9. The van der Waals surface area contributed by atoms with E-state index in [0.29, 0.717) is 0 Å². The number of rotatable bonds is 10. The molecule has 2 aliphatic rings. The Labute approximate surface area is 478 Å². The van der Waals surface area contributed by atoms with E-state index < -0.39 is 10.8 Å². The van der Waals surface area contributed by atoms with E-state index in [1.54, 1.807) is 0 Å². The van der Waals surface area contributed by atoms with E-state index in [4.69, 9.17) is 0 Å². The maximum atomic E-state index is 2.52. The number of para-hydroxylation sites is 2. The highest BCUT2D eigenvalue weighted by Gasteiger charge is 2.47. The Morgan fingerprint density at radius 3 is 1.21 bits per heavy atom. The molecule has 0 bridgehead atoms. The fourth-order valence-corrected chi connectivity index (χ4v) is 14.2. The highest BCUT2D eigenvalue weighted by Crippen LogP contribution is 2.58. The Balaban J connectivity index is 0.820. The van der Waals surface area contributed by atoms with Crippen LogP contribution in [0.2, 0.25) is 0 Å². The molecule has 0 unspecified atom stereocenters. The van der Waals surface area contributed by atoms with Crippen molar-refractivity contribution in [3.63, 3.8) is 0 Å². The van der Waals surface area contributed by atoms with Crippen molar-refractivity contribution in [2.45, 2.75) is 10.8 Å². The molecule has 0 fully saturated rings. The minimum atomic E-state index is -0.574. The molecule has 0 N–H and O–H groups in total. The van der Waals surface area contributed by atoms with Gasteiger partial charge in [-0.05, 0) is 150 Å². The van der Waals surface area contributed by atoms with Gasteiger partial charge in [0.05, 0.1) is 27.6 Å². The molecule has 384 valence electrons. The number of nitrogens with zero attached hydrogens (tertiary/aromatic N) is 2. The Bertz CT molecular complexity index is 4600. The topological polar surface area (TPSA) is 8.17 Å². The standard InChI is InChI=1S/C80H54N2/c1-6-22-55(23-7-1)57-42-46-65(47-43-57)81(67-50-51-69-68-32-16-18-34-72(68)79(74(69)54-67,61-24-8-2-9-25-61)62-26-10-3-11-27-62)66-48-44-58(45-49-66)56-38-40-59(41-39-56)60-52-71-70-33-17-20-36-76(70)82-77-37-21-19-35-73(77)80(75(53-60)78(71)82,63-28-12-4-13-29-63)64-30-14-5-15-31-64/h1-54H. The number of fused-ring (bicyclic) bond motifs is 8. The van der Waals surface area contributed by atoms with Crippen LogP contribution in [0.25, 0.3) is 72.0 Å². The van der Waals surface area contributed by atoms with Crippen LogP contribution in [0.3, 0.4) is 0 Å². The number of benzene rings is 13. The summed E-state index contributed by atoms with van der Waals surface area (Å²) in [7, 11) is 0. The molecule has 82 heavy (non-hydrogen) atoms. The maximum Gasteiger partial charge on any atom is 0.0742 e. The van der Waals surface area contributed by atoms with Crippen molar-refractivity contribution in [1.82, 2.24) is 4.57 Å². The molecular weight excluding hydrogens is 989 g/mol. The minimum Gasteiger partial charge on any atom is -0.310 e. The van der Waals surface area contributed by atoms with Gasteiger partial charge in [0, 0.05) is 27.8 Å². The highest BCUT2D eigenvalue weighted by molar-refractivity contribution is 6.13. The predicted molar refractivity (Wildman–Crippen MR) is 341 cm³/mol. The summed E-state index contributed by atoms with van der Waals surface area (Å²) < 4.78 is 2.52. The Hall–Kier alpha value is -10.5. The van der Waals surface area contributed by atoms with Gasteiger partial charge >= 0.3 is 0 Å². The fourth-order valence-electron chi connectivity index (χ4n) is 14.2. The smallest absolute Gasteiger partial charge is 0.0742 e. The lowest BCUT2D eigenvalue weighted by Gasteiger charge is -2.42. The van der Waals surface area contributed by atoms with Gasteiger partial charge in [0.25, 0.3) is 0 Å². The average molecular weight is 1040 g/mol. The third-order valence-electron chi connectivity index (χ3n) is 17.7. The first kappa shape index (κ1) is 47.5. The Morgan fingerprint density at radius 1 is 0.244 bits per heavy atom. The van der Waals surface area contributed by atoms with Crippen LogP contribution in [-0.4, -0.2) is 4.57 Å². The second-order valence-electron chi connectivity index (χ2n) is 21.9. The monoisotopic (exact) mass is 1040 g/mol. The first-order valence-electron chi connectivity index (χ1n) is 28.5. The van der Waals surface area contributed by atoms with Crippen molar-refractivity contribution in [3.8, 4) is 50.2 Å². The van der Waals surface area contributed by atoms with E-state index in [0.717, 1.165) is 28.2 Å². The largest absolute Gasteiger partial charge is 0.310 e. The van der Waals surface area contributed by atoms with Crippen molar-refractivity contribution in [2.24, 2.45) is 0 Å². The molecule has 16 rings (SSSR count). The zero-order chi connectivity index (χ0) is 54.2. The molecule has 0 saturated heterocycles. The molecular formula is C80H54N2. The van der Waals surface area contributed by atoms with Gasteiger partial charge in [-0.25, -0.2) is 0 Å². The van der Waals surface area contributed by atoms with Gasteiger partial charge < -0.3 is 9.47 Å². The summed E-state index contributed by atoms with van der Waals surface area (Å²) in [5.74, 6) is 0. The van der Waals surface area contributed by atoms with Gasteiger partial charge in [0.2, 0.25) is 0 Å². The van der Waals surface area contributed by atoms with Gasteiger partial charge in [-0.3, -0.25) is 0 Å². The summed E-state index contributed by atoms with van der Waals surface area (Å²) >= 11 is 0. The van der Waals surface area contributed by atoms with Gasteiger partial charge in [0.15, 0.2) is 0 Å². The molecule has 2 nitrogen and oxygen atoms in total. The maximum absolute atomic E-state index is 2.52. The quantitative estimate of drug-likeness (QED) is 0.133. The molecule has 1 aliphatic heterocycles. The molecule has 13 aromatic carbocycles. The normalized spacial score (nSPS) is 13.3. The summed E-state index contributed by atoms with van der Waals surface area (Å²) in [6, 6.07) is 121. The number of hydrogen-bond donors (Lipinski definition) is 0. The van der Waals surface area contributed by atoms with Crippen molar-refractivity contribution < 1.29 is 0 Å². The van der Waals surface area contributed by atoms with Crippen molar-refractivity contribution in [3.05, 3.63) is 372 Å². The summed E-state index contributed by atoms with van der Waals surface area (Å²) in [5, 5.41) is 2.51. The van der Waals surface area contributed by atoms with Crippen molar-refractivity contribution in [2.75, 3.05) is 4.90 Å².